The number of sulfone groups is 1. The molecule has 0 radical (unpaired) electrons. The molecule has 1 aromatic rings. The summed E-state index contributed by atoms with van der Waals surface area (Å²) >= 11 is 0. The van der Waals surface area contributed by atoms with E-state index >= 15 is 0 Å². The van der Waals surface area contributed by atoms with E-state index < -0.39 is 9.84 Å². The first-order valence-electron chi connectivity index (χ1n) is 3.15. The van der Waals surface area contributed by atoms with Crippen LogP contribution in [-0.2, 0) is 9.84 Å². The van der Waals surface area contributed by atoms with Gasteiger partial charge in [0.15, 0.2) is 9.84 Å². The zero-order valence-corrected chi connectivity index (χ0v) is 6.71. The minimum absolute atomic E-state index is 0.280. The lowest BCUT2D eigenvalue weighted by atomic mass is 10.4. The molecule has 4 heteroatoms. The standard InChI is InChI=1S/C7H9NO2S/c8-6-11(9,10)7-4-2-1-3-5-7/h1-5H,6,8H2. The molecule has 1 aromatic carbocycles. The van der Waals surface area contributed by atoms with Crippen LogP contribution in [0.15, 0.2) is 35.2 Å². The van der Waals surface area contributed by atoms with E-state index in [9.17, 15) is 8.42 Å². The fourth-order valence-corrected chi connectivity index (χ4v) is 1.49. The van der Waals surface area contributed by atoms with Crippen LogP contribution in [0.25, 0.3) is 0 Å². The Balaban J connectivity index is 3.14. The molecule has 0 aromatic heterocycles. The first kappa shape index (κ1) is 8.23. The summed E-state index contributed by atoms with van der Waals surface area (Å²) in [5.74, 6) is -0.336. The highest BCUT2D eigenvalue weighted by molar-refractivity contribution is 7.91. The summed E-state index contributed by atoms with van der Waals surface area (Å²) in [6, 6.07) is 8.16. The fourth-order valence-electron chi connectivity index (χ4n) is 0.724. The lowest BCUT2D eigenvalue weighted by Gasteiger charge is -1.98. The molecule has 11 heavy (non-hydrogen) atoms. The Kier molecular flexibility index (Phi) is 2.26. The molecule has 0 saturated carbocycles. The second-order valence-corrected chi connectivity index (χ2v) is 4.13. The fraction of sp³-hybridized carbons (Fsp3) is 0.143. The molecule has 0 aliphatic rings. The van der Waals surface area contributed by atoms with Crippen molar-refractivity contribution in [1.29, 1.82) is 0 Å². The van der Waals surface area contributed by atoms with Crippen molar-refractivity contribution < 1.29 is 8.42 Å². The quantitative estimate of drug-likeness (QED) is 0.699. The van der Waals surface area contributed by atoms with Gasteiger partial charge in [-0.05, 0) is 12.1 Å². The Hall–Kier alpha value is -0.870. The monoisotopic (exact) mass is 171 g/mol. The lowest BCUT2D eigenvalue weighted by molar-refractivity contribution is 0.596. The smallest absolute Gasteiger partial charge is 0.191 e. The van der Waals surface area contributed by atoms with Gasteiger partial charge in [-0.3, -0.25) is 0 Å². The molecule has 0 spiro atoms. The van der Waals surface area contributed by atoms with Crippen LogP contribution in [0.5, 0.6) is 0 Å². The second kappa shape index (κ2) is 3.02. The van der Waals surface area contributed by atoms with Crippen LogP contribution in [-0.4, -0.2) is 14.3 Å². The van der Waals surface area contributed by atoms with E-state index in [1.54, 1.807) is 18.2 Å². The minimum Gasteiger partial charge on any atom is -0.317 e. The van der Waals surface area contributed by atoms with Crippen molar-refractivity contribution in [3.05, 3.63) is 30.3 Å². The number of hydrogen-bond donors (Lipinski definition) is 1. The van der Waals surface area contributed by atoms with Gasteiger partial charge >= 0.3 is 0 Å². The topological polar surface area (TPSA) is 60.2 Å². The number of benzene rings is 1. The predicted octanol–water partition coefficient (Wildman–Crippen LogP) is 0.377. The van der Waals surface area contributed by atoms with Gasteiger partial charge in [-0.25, -0.2) is 8.42 Å². The Bertz CT molecular complexity index is 318. The first-order valence-corrected chi connectivity index (χ1v) is 4.80. The van der Waals surface area contributed by atoms with Crippen LogP contribution < -0.4 is 5.73 Å². The summed E-state index contributed by atoms with van der Waals surface area (Å²) < 4.78 is 22.2. The van der Waals surface area contributed by atoms with Crippen LogP contribution in [0, 0.1) is 0 Å². The summed E-state index contributed by atoms with van der Waals surface area (Å²) in [5, 5.41) is 0. The highest BCUT2D eigenvalue weighted by Gasteiger charge is 2.09. The van der Waals surface area contributed by atoms with E-state index in [4.69, 9.17) is 5.73 Å². The molecule has 0 atom stereocenters. The van der Waals surface area contributed by atoms with Gasteiger partial charge in [-0.15, -0.1) is 0 Å². The molecule has 3 nitrogen and oxygen atoms in total. The van der Waals surface area contributed by atoms with Gasteiger partial charge in [0.05, 0.1) is 4.90 Å². The Morgan fingerprint density at radius 2 is 1.73 bits per heavy atom. The average molecular weight is 171 g/mol. The molecule has 0 aliphatic heterocycles. The third kappa shape index (κ3) is 1.78. The molecule has 0 bridgehead atoms. The van der Waals surface area contributed by atoms with Crippen molar-refractivity contribution in [2.45, 2.75) is 4.90 Å². The van der Waals surface area contributed by atoms with E-state index in [-0.39, 0.29) is 10.8 Å². The summed E-state index contributed by atoms with van der Waals surface area (Å²) in [7, 11) is -3.22. The van der Waals surface area contributed by atoms with Crippen molar-refractivity contribution in [1.82, 2.24) is 0 Å². The summed E-state index contributed by atoms with van der Waals surface area (Å²) in [4.78, 5) is 0.280. The molecule has 1 rings (SSSR count). The van der Waals surface area contributed by atoms with Gasteiger partial charge in [0, 0.05) is 0 Å². The lowest BCUT2D eigenvalue weighted by Crippen LogP contribution is -2.14. The van der Waals surface area contributed by atoms with Crippen LogP contribution in [0.1, 0.15) is 0 Å². The maximum absolute atomic E-state index is 11.1. The summed E-state index contributed by atoms with van der Waals surface area (Å²) in [6.45, 7) is 0. The van der Waals surface area contributed by atoms with Crippen molar-refractivity contribution in [3.8, 4) is 0 Å². The Morgan fingerprint density at radius 3 is 2.18 bits per heavy atom. The Labute approximate surface area is 65.8 Å². The van der Waals surface area contributed by atoms with Crippen LogP contribution >= 0.6 is 0 Å². The normalized spacial score (nSPS) is 11.4. The van der Waals surface area contributed by atoms with Gasteiger partial charge in [0.1, 0.15) is 5.88 Å². The minimum atomic E-state index is -3.22. The molecular weight excluding hydrogens is 162 g/mol. The maximum Gasteiger partial charge on any atom is 0.191 e. The van der Waals surface area contributed by atoms with Gasteiger partial charge in [0.2, 0.25) is 0 Å². The van der Waals surface area contributed by atoms with Crippen molar-refractivity contribution in [2.75, 3.05) is 5.88 Å². The van der Waals surface area contributed by atoms with Gasteiger partial charge in [-0.2, -0.15) is 0 Å². The van der Waals surface area contributed by atoms with Crippen molar-refractivity contribution in [2.24, 2.45) is 5.73 Å². The van der Waals surface area contributed by atoms with Gasteiger partial charge in [-0.1, -0.05) is 18.2 Å². The SMILES string of the molecule is NCS(=O)(=O)c1ccccc1. The van der Waals surface area contributed by atoms with Gasteiger partial charge < -0.3 is 5.73 Å². The van der Waals surface area contributed by atoms with Crippen molar-refractivity contribution in [3.63, 3.8) is 0 Å². The summed E-state index contributed by atoms with van der Waals surface area (Å²) in [5.41, 5.74) is 5.05. The second-order valence-electron chi connectivity index (χ2n) is 2.09. The van der Waals surface area contributed by atoms with E-state index in [0.717, 1.165) is 0 Å². The van der Waals surface area contributed by atoms with E-state index in [1.807, 2.05) is 0 Å². The number of nitrogens with two attached hydrogens (primary N) is 1. The van der Waals surface area contributed by atoms with Crippen LogP contribution in [0.2, 0.25) is 0 Å². The van der Waals surface area contributed by atoms with Crippen LogP contribution in [0.4, 0.5) is 0 Å². The highest BCUT2D eigenvalue weighted by atomic mass is 32.2. The number of rotatable bonds is 2. The zero-order chi connectivity index (χ0) is 8.32. The van der Waals surface area contributed by atoms with E-state index in [0.29, 0.717) is 0 Å². The maximum atomic E-state index is 11.1. The molecule has 0 amide bonds. The largest absolute Gasteiger partial charge is 0.317 e. The van der Waals surface area contributed by atoms with Crippen molar-refractivity contribution >= 4 is 9.84 Å². The predicted molar refractivity (Wildman–Crippen MR) is 42.7 cm³/mol. The zero-order valence-electron chi connectivity index (χ0n) is 5.90. The molecular formula is C7H9NO2S. The molecule has 0 heterocycles. The molecule has 0 aliphatic carbocycles. The Morgan fingerprint density at radius 1 is 1.18 bits per heavy atom. The highest BCUT2D eigenvalue weighted by Crippen LogP contribution is 2.07. The molecule has 0 saturated heterocycles. The third-order valence-corrected chi connectivity index (χ3v) is 2.75. The molecule has 0 unspecified atom stereocenters. The third-order valence-electron chi connectivity index (χ3n) is 1.32. The number of hydrogen-bond acceptors (Lipinski definition) is 3. The van der Waals surface area contributed by atoms with E-state index in [1.165, 1.54) is 12.1 Å². The van der Waals surface area contributed by atoms with Crippen LogP contribution in [0.3, 0.4) is 0 Å². The first-order chi connectivity index (χ1) is 5.17. The molecule has 2 N–H and O–H groups in total. The molecule has 60 valence electrons. The van der Waals surface area contributed by atoms with E-state index in [2.05, 4.69) is 0 Å². The molecule has 0 fully saturated rings. The summed E-state index contributed by atoms with van der Waals surface area (Å²) in [6.07, 6.45) is 0. The van der Waals surface area contributed by atoms with Gasteiger partial charge in [0.25, 0.3) is 0 Å². The average Bonchev–Trinajstić information content (AvgIpc) is 2.06.